The maximum atomic E-state index is 10.0. The Morgan fingerprint density at radius 1 is 1.38 bits per heavy atom. The van der Waals surface area contributed by atoms with E-state index < -0.39 is 10.9 Å². The summed E-state index contributed by atoms with van der Waals surface area (Å²) in [6.07, 6.45) is 3.06. The van der Waals surface area contributed by atoms with Crippen molar-refractivity contribution in [2.75, 3.05) is 0 Å². The van der Waals surface area contributed by atoms with Crippen molar-refractivity contribution in [1.82, 2.24) is 0 Å². The van der Waals surface area contributed by atoms with Crippen molar-refractivity contribution in [1.29, 1.82) is 0 Å². The highest BCUT2D eigenvalue weighted by Crippen LogP contribution is 2.26. The van der Waals surface area contributed by atoms with Gasteiger partial charge in [-0.25, -0.2) is 0 Å². The van der Waals surface area contributed by atoms with Gasteiger partial charge in [0.1, 0.15) is 0 Å². The Labute approximate surface area is 50.2 Å². The van der Waals surface area contributed by atoms with Crippen LogP contribution >= 0.6 is 10.9 Å². The van der Waals surface area contributed by atoms with Gasteiger partial charge >= 0.3 is 0 Å². The van der Waals surface area contributed by atoms with Crippen LogP contribution in [-0.2, 0) is 9.53 Å². The van der Waals surface area contributed by atoms with Crippen molar-refractivity contribution in [3.05, 3.63) is 23.3 Å². The van der Waals surface area contributed by atoms with Gasteiger partial charge in [-0.15, -0.1) is 0 Å². The largest absolute Gasteiger partial charge is 0.472 e. The molecule has 0 aromatic heterocycles. The van der Waals surface area contributed by atoms with Crippen LogP contribution in [0.4, 0.5) is 0 Å². The number of ether oxygens (including phenoxy) is 1. The monoisotopic (exact) mass is 130 g/mol. The van der Waals surface area contributed by atoms with Crippen LogP contribution in [0.5, 0.6) is 0 Å². The van der Waals surface area contributed by atoms with Crippen LogP contribution in [0.3, 0.4) is 0 Å². The van der Waals surface area contributed by atoms with Crippen molar-refractivity contribution < 1.29 is 9.53 Å². The highest BCUT2D eigenvalue weighted by molar-refractivity contribution is 8.32. The second kappa shape index (κ2) is 2.57. The summed E-state index contributed by atoms with van der Waals surface area (Å²) in [6, 6.07) is 0. The molecule has 0 amide bonds. The zero-order valence-electron chi connectivity index (χ0n) is 4.15. The summed E-state index contributed by atoms with van der Waals surface area (Å²) in [5.41, 5.74) is 0.921. The molecule has 2 nitrogen and oxygen atoms in total. The summed E-state index contributed by atoms with van der Waals surface area (Å²) < 4.78 is 4.70. The van der Waals surface area contributed by atoms with Gasteiger partial charge in [0.2, 0.25) is 0 Å². The van der Waals surface area contributed by atoms with Crippen molar-refractivity contribution in [2.45, 2.75) is 0 Å². The fourth-order valence-electron chi connectivity index (χ4n) is 0.376. The number of carbonyl (C=O) groups excluding carboxylic acids is 1. The molecule has 0 fully saturated rings. The van der Waals surface area contributed by atoms with Gasteiger partial charge in [-0.1, -0.05) is 0 Å². The lowest BCUT2D eigenvalue weighted by Crippen LogP contribution is -1.77. The second-order valence-corrected chi connectivity index (χ2v) is 2.96. The second-order valence-electron chi connectivity index (χ2n) is 1.26. The molecule has 44 valence electrons. The fourth-order valence-corrected chi connectivity index (χ4v) is 1.04. The first-order valence-corrected chi connectivity index (χ1v) is 3.70. The molecule has 1 aliphatic rings. The molecule has 3 heteroatoms. The van der Waals surface area contributed by atoms with Crippen LogP contribution in [0.15, 0.2) is 23.3 Å². The Hall–Kier alpha value is -0.700. The van der Waals surface area contributed by atoms with Gasteiger partial charge in [0, 0.05) is 0 Å². The maximum Gasteiger partial charge on any atom is 0.163 e. The van der Waals surface area contributed by atoms with Crippen molar-refractivity contribution in [2.24, 2.45) is 0 Å². The third kappa shape index (κ3) is 1.13. The molecule has 1 heterocycles. The normalized spacial score (nSPS) is 20.2. The third-order valence-corrected chi connectivity index (χ3v) is 1.92. The first-order valence-electron chi connectivity index (χ1n) is 2.15. The summed E-state index contributed by atoms with van der Waals surface area (Å²) in [5.74, 6) is 0. The molecule has 1 aliphatic heterocycles. The van der Waals surface area contributed by atoms with E-state index in [4.69, 9.17) is 4.74 Å². The van der Waals surface area contributed by atoms with Gasteiger partial charge in [0.25, 0.3) is 0 Å². The van der Waals surface area contributed by atoms with Crippen molar-refractivity contribution in [3.63, 3.8) is 0 Å². The zero-order chi connectivity index (χ0) is 5.82. The van der Waals surface area contributed by atoms with Gasteiger partial charge in [0.05, 0.1) is 12.5 Å². The number of hydrogen-bond acceptors (Lipinski definition) is 2. The molecule has 1 rings (SSSR count). The van der Waals surface area contributed by atoms with Crippen LogP contribution < -0.4 is 0 Å². The Morgan fingerprint density at radius 2 is 2.00 bits per heavy atom. The van der Waals surface area contributed by atoms with Crippen LogP contribution in [0.1, 0.15) is 0 Å². The molecule has 0 N–H and O–H groups in total. The lowest BCUT2D eigenvalue weighted by Gasteiger charge is -2.04. The smallest absolute Gasteiger partial charge is 0.163 e. The van der Waals surface area contributed by atoms with E-state index in [9.17, 15) is 4.79 Å². The first kappa shape index (κ1) is 5.44. The van der Waals surface area contributed by atoms with E-state index in [1.54, 1.807) is 10.8 Å². The zero-order valence-corrected chi connectivity index (χ0v) is 5.04. The Balaban J connectivity index is 2.54. The molecule has 0 saturated heterocycles. The van der Waals surface area contributed by atoms with Gasteiger partial charge in [-0.3, -0.25) is 4.79 Å². The molecular formula is C5H6O2S. The van der Waals surface area contributed by atoms with Gasteiger partial charge in [0.15, 0.2) is 5.62 Å². The molecule has 0 atom stereocenters. The third-order valence-electron chi connectivity index (χ3n) is 0.745. The average molecular weight is 130 g/mol. The predicted octanol–water partition coefficient (Wildman–Crippen LogP) is 1.15. The van der Waals surface area contributed by atoms with Crippen LogP contribution in [0.25, 0.3) is 0 Å². The summed E-state index contributed by atoms with van der Waals surface area (Å²) >= 11 is 0. The van der Waals surface area contributed by atoms with Gasteiger partial charge < -0.3 is 4.74 Å². The predicted molar refractivity (Wildman–Crippen MR) is 35.1 cm³/mol. The summed E-state index contributed by atoms with van der Waals surface area (Å²) in [4.78, 5) is 10.0. The number of rotatable bonds is 1. The lowest BCUT2D eigenvalue weighted by atomic mass is 11.0. The quantitative estimate of drug-likeness (QED) is 0.425. The summed E-state index contributed by atoms with van der Waals surface area (Å²) in [6.45, 7) is 0. The molecule has 0 saturated carbocycles. The lowest BCUT2D eigenvalue weighted by molar-refractivity contribution is 0.403. The molecule has 0 spiro atoms. The molecule has 0 aliphatic carbocycles. The molecule has 0 bridgehead atoms. The molecule has 0 aromatic carbocycles. The van der Waals surface area contributed by atoms with E-state index in [1.807, 2.05) is 0 Å². The maximum absolute atomic E-state index is 10.0. The average Bonchev–Trinajstić information content (AvgIpc) is 1.90. The van der Waals surface area contributed by atoms with E-state index in [-0.39, 0.29) is 0 Å². The highest BCUT2D eigenvalue weighted by Gasteiger charge is 1.92. The first-order chi connectivity index (χ1) is 3.93. The topological polar surface area (TPSA) is 26.3 Å². The minimum atomic E-state index is -0.636. The molecular weight excluding hydrogens is 124 g/mol. The van der Waals surface area contributed by atoms with Crippen LogP contribution in [0.2, 0.25) is 0 Å². The number of thiol groups is 1. The number of hydrogen-bond donors (Lipinski definition) is 1. The fraction of sp³-hybridized carbons (Fsp3) is 0. The van der Waals surface area contributed by atoms with Gasteiger partial charge in [-0.05, 0) is 10.8 Å². The van der Waals surface area contributed by atoms with Crippen molar-refractivity contribution >= 4 is 16.5 Å². The summed E-state index contributed by atoms with van der Waals surface area (Å²) in [5, 5.41) is 3.50. The Kier molecular flexibility index (Phi) is 1.75. The Morgan fingerprint density at radius 3 is 2.38 bits per heavy atom. The highest BCUT2D eigenvalue weighted by atomic mass is 32.2. The van der Waals surface area contributed by atoms with E-state index in [0.717, 1.165) is 5.62 Å². The van der Waals surface area contributed by atoms with E-state index in [2.05, 4.69) is 0 Å². The summed E-state index contributed by atoms with van der Waals surface area (Å²) in [7, 11) is -0.636. The minimum Gasteiger partial charge on any atom is -0.472 e. The van der Waals surface area contributed by atoms with Crippen molar-refractivity contribution in [3.8, 4) is 0 Å². The van der Waals surface area contributed by atoms with Crippen LogP contribution in [-0.4, -0.2) is 5.62 Å². The van der Waals surface area contributed by atoms with Crippen LogP contribution in [0, 0.1) is 0 Å². The van der Waals surface area contributed by atoms with E-state index >= 15 is 0 Å². The molecule has 8 heavy (non-hydrogen) atoms. The van der Waals surface area contributed by atoms with Gasteiger partial charge in [-0.2, -0.15) is 10.9 Å². The Bertz CT molecular complexity index is 127. The van der Waals surface area contributed by atoms with E-state index in [0.29, 0.717) is 0 Å². The minimum absolute atomic E-state index is 0.636. The number of carbonyl (C=O) groups is 1. The SMILES string of the molecule is O=C[SH]1C=COC=C1. The molecule has 0 aromatic rings. The molecule has 0 radical (unpaired) electrons. The molecule has 0 unspecified atom stereocenters. The van der Waals surface area contributed by atoms with E-state index in [1.165, 1.54) is 12.5 Å². The standard InChI is InChI=1S/C5H6O2S/c6-5-8-3-1-7-2-4-8/h1-5,8H.